The van der Waals surface area contributed by atoms with Crippen molar-refractivity contribution < 1.29 is 4.42 Å². The van der Waals surface area contributed by atoms with Gasteiger partial charge in [0.2, 0.25) is 0 Å². The minimum atomic E-state index is -0.172. The molecule has 0 spiro atoms. The van der Waals surface area contributed by atoms with Gasteiger partial charge in [-0.3, -0.25) is 4.98 Å². The number of nitrogens with zero attached hydrogens (tertiary/aromatic N) is 4. The van der Waals surface area contributed by atoms with Gasteiger partial charge < -0.3 is 4.42 Å². The SMILES string of the molecule is CC1(C)c2ccccc2-c2ccc(-c3nc(-c4ccc5c(c4)oc4c6c(ccc45)-c4ccccc4C6(C)C)nc(-c4ccccn4)n3)cc21. The number of pyridine rings is 1. The van der Waals surface area contributed by atoms with Crippen LogP contribution in [-0.4, -0.2) is 19.9 Å². The van der Waals surface area contributed by atoms with Gasteiger partial charge in [-0.05, 0) is 75.3 Å². The lowest BCUT2D eigenvalue weighted by Crippen LogP contribution is -2.15. The molecule has 49 heavy (non-hydrogen) atoms. The first-order valence-electron chi connectivity index (χ1n) is 16.8. The average molecular weight is 633 g/mol. The summed E-state index contributed by atoms with van der Waals surface area (Å²) in [4.78, 5) is 19.7. The molecule has 0 fully saturated rings. The predicted octanol–water partition coefficient (Wildman–Crippen LogP) is 10.8. The second-order valence-corrected chi connectivity index (χ2v) is 14.3. The minimum Gasteiger partial charge on any atom is -0.456 e. The molecule has 0 saturated heterocycles. The molecule has 0 N–H and O–H groups in total. The lowest BCUT2D eigenvalue weighted by molar-refractivity contribution is 0.620. The fraction of sp³-hybridized carbons (Fsp3) is 0.136. The first kappa shape index (κ1) is 28.1. The topological polar surface area (TPSA) is 64.7 Å². The van der Waals surface area contributed by atoms with Crippen molar-refractivity contribution in [1.29, 1.82) is 0 Å². The van der Waals surface area contributed by atoms with Crippen molar-refractivity contribution in [3.05, 3.63) is 144 Å². The molecule has 0 radical (unpaired) electrons. The second kappa shape index (κ2) is 9.80. The van der Waals surface area contributed by atoms with E-state index in [-0.39, 0.29) is 10.8 Å². The van der Waals surface area contributed by atoms with Gasteiger partial charge in [0.25, 0.3) is 0 Å². The molecular formula is C44H32N4O. The van der Waals surface area contributed by atoms with Crippen LogP contribution < -0.4 is 0 Å². The van der Waals surface area contributed by atoms with E-state index >= 15 is 0 Å². The summed E-state index contributed by atoms with van der Waals surface area (Å²) in [6.45, 7) is 9.16. The normalized spacial score (nSPS) is 14.9. The van der Waals surface area contributed by atoms with Crippen LogP contribution in [-0.2, 0) is 10.8 Å². The van der Waals surface area contributed by atoms with Crippen LogP contribution in [0.1, 0.15) is 49.9 Å². The fourth-order valence-electron chi connectivity index (χ4n) is 8.31. The minimum absolute atomic E-state index is 0.135. The van der Waals surface area contributed by atoms with E-state index in [0.29, 0.717) is 23.2 Å². The highest BCUT2D eigenvalue weighted by molar-refractivity contribution is 6.09. The third kappa shape index (κ3) is 3.93. The Labute approximate surface area is 284 Å². The lowest BCUT2D eigenvalue weighted by Gasteiger charge is -2.21. The Morgan fingerprint density at radius 3 is 1.84 bits per heavy atom. The number of hydrogen-bond acceptors (Lipinski definition) is 5. The summed E-state index contributed by atoms with van der Waals surface area (Å²) in [5.74, 6) is 1.72. The quantitative estimate of drug-likeness (QED) is 0.194. The van der Waals surface area contributed by atoms with Gasteiger partial charge in [-0.25, -0.2) is 15.0 Å². The molecule has 0 bridgehead atoms. The molecule has 3 heterocycles. The molecule has 0 saturated carbocycles. The van der Waals surface area contributed by atoms with E-state index in [2.05, 4.69) is 130 Å². The van der Waals surface area contributed by atoms with E-state index in [4.69, 9.17) is 19.4 Å². The van der Waals surface area contributed by atoms with Crippen molar-refractivity contribution in [3.8, 4) is 56.5 Å². The van der Waals surface area contributed by atoms with Crippen molar-refractivity contribution in [2.45, 2.75) is 38.5 Å². The molecule has 0 amide bonds. The molecule has 2 aliphatic rings. The third-order valence-electron chi connectivity index (χ3n) is 10.8. The van der Waals surface area contributed by atoms with Gasteiger partial charge in [0.15, 0.2) is 17.5 Å². The van der Waals surface area contributed by atoms with Gasteiger partial charge in [0, 0.05) is 44.5 Å². The number of aromatic nitrogens is 4. The number of hydrogen-bond donors (Lipinski definition) is 0. The summed E-state index contributed by atoms with van der Waals surface area (Å²) >= 11 is 0. The zero-order valence-electron chi connectivity index (χ0n) is 27.7. The van der Waals surface area contributed by atoms with E-state index in [9.17, 15) is 0 Å². The van der Waals surface area contributed by atoms with E-state index in [0.717, 1.165) is 33.1 Å². The van der Waals surface area contributed by atoms with Gasteiger partial charge in [-0.15, -0.1) is 0 Å². The van der Waals surface area contributed by atoms with Crippen molar-refractivity contribution >= 4 is 21.9 Å². The standard InChI is InChI=1S/C44H32N4O/c1-43(2)33-13-7-5-11-27(33)29-18-16-25(23-35(29)43)40-46-41(48-42(47-40)36-15-9-10-22-45-36)26-17-19-30-32-21-20-31-28-12-6-8-14-34(28)44(3,4)38(31)39(32)49-37(30)24-26/h5-24H,1-4H3. The number of furan rings is 1. The Hall–Kier alpha value is -5.94. The summed E-state index contributed by atoms with van der Waals surface area (Å²) in [5, 5.41) is 2.20. The van der Waals surface area contributed by atoms with Crippen LogP contribution in [0.5, 0.6) is 0 Å². The molecule has 10 rings (SSSR count). The Bertz CT molecular complexity index is 2670. The van der Waals surface area contributed by atoms with Gasteiger partial charge in [0.1, 0.15) is 16.9 Å². The van der Waals surface area contributed by atoms with Crippen LogP contribution in [0.4, 0.5) is 0 Å². The number of fused-ring (bicyclic) bond motifs is 10. The summed E-state index contributed by atoms with van der Waals surface area (Å²) in [6, 6.07) is 40.5. The maximum absolute atomic E-state index is 6.77. The molecule has 5 nitrogen and oxygen atoms in total. The zero-order chi connectivity index (χ0) is 33.1. The first-order valence-corrected chi connectivity index (χ1v) is 16.8. The molecule has 0 aliphatic heterocycles. The van der Waals surface area contributed by atoms with Crippen LogP contribution in [0.15, 0.2) is 126 Å². The van der Waals surface area contributed by atoms with Crippen LogP contribution in [0, 0.1) is 0 Å². The average Bonchev–Trinajstić information content (AvgIpc) is 3.71. The molecule has 234 valence electrons. The molecule has 0 unspecified atom stereocenters. The van der Waals surface area contributed by atoms with Gasteiger partial charge >= 0.3 is 0 Å². The Morgan fingerprint density at radius 1 is 0.490 bits per heavy atom. The lowest BCUT2D eigenvalue weighted by atomic mass is 9.82. The van der Waals surface area contributed by atoms with Crippen molar-refractivity contribution in [2.75, 3.05) is 0 Å². The molecule has 2 aliphatic carbocycles. The Balaban J connectivity index is 1.14. The predicted molar refractivity (Wildman–Crippen MR) is 196 cm³/mol. The first-order chi connectivity index (χ1) is 23.8. The maximum atomic E-state index is 6.77. The molecular weight excluding hydrogens is 601 g/mol. The summed E-state index contributed by atoms with van der Waals surface area (Å²) < 4.78 is 6.77. The number of rotatable bonds is 3. The van der Waals surface area contributed by atoms with Crippen LogP contribution in [0.25, 0.3) is 78.5 Å². The number of benzene rings is 5. The molecule has 5 aromatic carbocycles. The van der Waals surface area contributed by atoms with Crippen molar-refractivity contribution in [3.63, 3.8) is 0 Å². The van der Waals surface area contributed by atoms with Gasteiger partial charge in [-0.1, -0.05) is 107 Å². The van der Waals surface area contributed by atoms with Crippen molar-refractivity contribution in [1.82, 2.24) is 19.9 Å². The zero-order valence-corrected chi connectivity index (χ0v) is 27.7. The maximum Gasteiger partial charge on any atom is 0.182 e. The van der Waals surface area contributed by atoms with E-state index in [1.54, 1.807) is 6.20 Å². The van der Waals surface area contributed by atoms with Gasteiger partial charge in [0.05, 0.1) is 0 Å². The van der Waals surface area contributed by atoms with E-state index in [1.165, 1.54) is 44.5 Å². The van der Waals surface area contributed by atoms with Crippen LogP contribution in [0.2, 0.25) is 0 Å². The highest BCUT2D eigenvalue weighted by Crippen LogP contribution is 2.53. The van der Waals surface area contributed by atoms with Crippen molar-refractivity contribution in [2.24, 2.45) is 0 Å². The second-order valence-electron chi connectivity index (χ2n) is 14.3. The highest BCUT2D eigenvalue weighted by Gasteiger charge is 2.38. The van der Waals surface area contributed by atoms with Crippen LogP contribution >= 0.6 is 0 Å². The summed E-state index contributed by atoms with van der Waals surface area (Å²) in [5.41, 5.74) is 14.2. The smallest absolute Gasteiger partial charge is 0.182 e. The highest BCUT2D eigenvalue weighted by atomic mass is 16.3. The Kier molecular flexibility index (Phi) is 5.62. The van der Waals surface area contributed by atoms with Gasteiger partial charge in [-0.2, -0.15) is 0 Å². The van der Waals surface area contributed by atoms with E-state index in [1.807, 2.05) is 18.2 Å². The third-order valence-corrected chi connectivity index (χ3v) is 10.8. The fourth-order valence-corrected chi connectivity index (χ4v) is 8.31. The molecule has 5 heteroatoms. The molecule has 3 aromatic heterocycles. The van der Waals surface area contributed by atoms with Crippen LogP contribution in [0.3, 0.4) is 0 Å². The largest absolute Gasteiger partial charge is 0.456 e. The monoisotopic (exact) mass is 632 g/mol. The summed E-state index contributed by atoms with van der Waals surface area (Å²) in [7, 11) is 0. The summed E-state index contributed by atoms with van der Waals surface area (Å²) in [6.07, 6.45) is 1.77. The Morgan fingerprint density at radius 2 is 1.08 bits per heavy atom. The van der Waals surface area contributed by atoms with E-state index < -0.39 is 0 Å². The molecule has 8 aromatic rings. The molecule has 0 atom stereocenters.